The fraction of sp³-hybridized carbons (Fsp3) is 0.400. The summed E-state index contributed by atoms with van der Waals surface area (Å²) in [5, 5.41) is 0.673. The zero-order valence-electron chi connectivity index (χ0n) is 28.0. The Morgan fingerprint density at radius 2 is 1.69 bits per heavy atom. The Bertz CT molecular complexity index is 1600. The smallest absolute Gasteiger partial charge is 0.337 e. The molecule has 1 aromatic heterocycles. The molecule has 0 saturated heterocycles. The number of ether oxygens (including phenoxy) is 3. The Hall–Kier alpha value is -3.49. The molecular weight excluding hydrogens is 642 g/mol. The van der Waals surface area contributed by atoms with Crippen molar-refractivity contribution in [3.05, 3.63) is 128 Å². The first-order chi connectivity index (χ1) is 23.4. The second-order valence-corrected chi connectivity index (χ2v) is 14.3. The van der Waals surface area contributed by atoms with Crippen LogP contribution in [0, 0.1) is 5.41 Å². The Kier molecular flexibility index (Phi) is 13.3. The molecule has 1 saturated carbocycles. The molecule has 6 nitrogen and oxygen atoms in total. The fourth-order valence-corrected chi connectivity index (χ4v) is 7.51. The first-order valence-electron chi connectivity index (χ1n) is 16.9. The van der Waals surface area contributed by atoms with E-state index in [1.54, 1.807) is 23.5 Å². The van der Waals surface area contributed by atoms with Crippen LogP contribution in [0.1, 0.15) is 81.9 Å². The van der Waals surface area contributed by atoms with Crippen LogP contribution in [-0.2, 0) is 45.0 Å². The number of halogens is 1. The van der Waals surface area contributed by atoms with Gasteiger partial charge in [0.05, 0.1) is 37.4 Å². The van der Waals surface area contributed by atoms with Gasteiger partial charge in [-0.3, -0.25) is 9.69 Å². The van der Waals surface area contributed by atoms with Crippen molar-refractivity contribution in [3.8, 4) is 0 Å². The van der Waals surface area contributed by atoms with E-state index in [1.165, 1.54) is 22.4 Å². The summed E-state index contributed by atoms with van der Waals surface area (Å²) >= 11 is 8.28. The summed E-state index contributed by atoms with van der Waals surface area (Å²) in [7, 11) is 1.39. The van der Waals surface area contributed by atoms with Crippen molar-refractivity contribution in [2.24, 2.45) is 5.41 Å². The van der Waals surface area contributed by atoms with E-state index in [4.69, 9.17) is 25.8 Å². The quantitative estimate of drug-likeness (QED) is 0.0972. The maximum absolute atomic E-state index is 12.9. The maximum atomic E-state index is 12.9. The minimum absolute atomic E-state index is 0.0552. The number of hydrogen-bond acceptors (Lipinski definition) is 7. The number of thiophene rings is 1. The van der Waals surface area contributed by atoms with Crippen molar-refractivity contribution < 1.29 is 23.8 Å². The van der Waals surface area contributed by atoms with E-state index in [2.05, 4.69) is 53.4 Å². The number of aryl methyl sites for hydroxylation is 2. The number of carbonyl (C=O) groups is 2. The van der Waals surface area contributed by atoms with E-state index in [0.717, 1.165) is 62.6 Å². The molecule has 3 aromatic carbocycles. The van der Waals surface area contributed by atoms with Crippen molar-refractivity contribution in [1.82, 2.24) is 4.90 Å². The molecule has 254 valence electrons. The number of hydrogen-bond donors (Lipinski definition) is 0. The van der Waals surface area contributed by atoms with Gasteiger partial charge in [0.1, 0.15) is 0 Å². The van der Waals surface area contributed by atoms with Crippen LogP contribution < -0.4 is 0 Å². The Morgan fingerprint density at radius 3 is 2.38 bits per heavy atom. The van der Waals surface area contributed by atoms with Crippen LogP contribution in [0.25, 0.3) is 0 Å². The highest BCUT2D eigenvalue weighted by Crippen LogP contribution is 2.46. The molecule has 1 unspecified atom stereocenters. The molecule has 8 heteroatoms. The molecule has 0 aliphatic heterocycles. The third kappa shape index (κ3) is 10.0. The Morgan fingerprint density at radius 1 is 0.917 bits per heavy atom. The summed E-state index contributed by atoms with van der Waals surface area (Å²) in [6, 6.07) is 30.4. The Labute approximate surface area is 294 Å². The topological polar surface area (TPSA) is 65.1 Å². The third-order valence-corrected chi connectivity index (χ3v) is 10.6. The summed E-state index contributed by atoms with van der Waals surface area (Å²) in [5.41, 5.74) is 3.61. The molecule has 0 amide bonds. The lowest BCUT2D eigenvalue weighted by molar-refractivity contribution is -0.162. The standard InChI is InChI=1S/C40H46ClNO5S/c1-3-46-39(44)40(22-8-23-40)24-9-25-42(27-31-14-17-32(18-15-31)38(43)45-2)28-37(33-12-7-13-34(41)26-33)47-29-36-21-20-35(48-36)19-16-30-10-5-4-6-11-30/h4-7,10-15,17-18,20-21,26,37H,3,8-9,16,19,22-25,27-29H2,1-2H3. The second kappa shape index (κ2) is 17.8. The average Bonchev–Trinajstić information content (AvgIpc) is 3.55. The number of benzene rings is 3. The number of rotatable bonds is 18. The van der Waals surface area contributed by atoms with Crippen molar-refractivity contribution in [2.75, 3.05) is 26.8 Å². The van der Waals surface area contributed by atoms with E-state index >= 15 is 0 Å². The molecule has 48 heavy (non-hydrogen) atoms. The zero-order chi connectivity index (χ0) is 33.8. The molecular formula is C40H46ClNO5S. The van der Waals surface area contributed by atoms with Crippen LogP contribution in [0.4, 0.5) is 0 Å². The van der Waals surface area contributed by atoms with E-state index in [0.29, 0.717) is 36.9 Å². The molecule has 0 spiro atoms. The van der Waals surface area contributed by atoms with Crippen molar-refractivity contribution >= 4 is 34.9 Å². The molecule has 1 aliphatic carbocycles. The molecule has 1 heterocycles. The fourth-order valence-electron chi connectivity index (χ4n) is 6.37. The van der Waals surface area contributed by atoms with Gasteiger partial charge in [0.15, 0.2) is 0 Å². The van der Waals surface area contributed by atoms with E-state index in [1.807, 2.05) is 37.3 Å². The van der Waals surface area contributed by atoms with Crippen molar-refractivity contribution in [3.63, 3.8) is 0 Å². The van der Waals surface area contributed by atoms with E-state index in [9.17, 15) is 9.59 Å². The lowest BCUT2D eigenvalue weighted by Crippen LogP contribution is -2.40. The van der Waals surface area contributed by atoms with Gasteiger partial charge in [-0.1, -0.05) is 72.6 Å². The summed E-state index contributed by atoms with van der Waals surface area (Å²) in [4.78, 5) is 29.8. The highest BCUT2D eigenvalue weighted by Gasteiger charge is 2.44. The summed E-state index contributed by atoms with van der Waals surface area (Å²) in [6.45, 7) is 4.86. The minimum atomic E-state index is -0.357. The van der Waals surface area contributed by atoms with Crippen molar-refractivity contribution in [2.45, 2.75) is 71.1 Å². The number of methoxy groups -OCH3 is 1. The summed E-state index contributed by atoms with van der Waals surface area (Å²) in [5.74, 6) is -0.408. The van der Waals surface area contributed by atoms with E-state index < -0.39 is 0 Å². The van der Waals surface area contributed by atoms with Gasteiger partial charge in [-0.15, -0.1) is 11.3 Å². The SMILES string of the molecule is CCOC(=O)C1(CCCN(Cc2ccc(C(=O)OC)cc2)CC(OCc2ccc(CCc3ccccc3)s2)c2cccc(Cl)c2)CCC1. The van der Waals surface area contributed by atoms with Crippen LogP contribution in [-0.4, -0.2) is 43.6 Å². The monoisotopic (exact) mass is 687 g/mol. The summed E-state index contributed by atoms with van der Waals surface area (Å²) < 4.78 is 17.1. The van der Waals surface area contributed by atoms with Gasteiger partial charge in [-0.25, -0.2) is 4.79 Å². The van der Waals surface area contributed by atoms with Crippen LogP contribution in [0.15, 0.2) is 91.0 Å². The number of esters is 2. The van der Waals surface area contributed by atoms with Gasteiger partial charge in [-0.05, 0) is 105 Å². The molecule has 0 radical (unpaired) electrons. The predicted molar refractivity (Wildman–Crippen MR) is 192 cm³/mol. The highest BCUT2D eigenvalue weighted by atomic mass is 35.5. The normalized spacial score (nSPS) is 14.3. The van der Waals surface area contributed by atoms with Crippen LogP contribution >= 0.6 is 22.9 Å². The second-order valence-electron chi connectivity index (χ2n) is 12.6. The summed E-state index contributed by atoms with van der Waals surface area (Å²) in [6.07, 6.45) is 6.30. The third-order valence-electron chi connectivity index (χ3n) is 9.22. The highest BCUT2D eigenvalue weighted by molar-refractivity contribution is 7.11. The van der Waals surface area contributed by atoms with Gasteiger partial charge in [0.25, 0.3) is 0 Å². The zero-order valence-corrected chi connectivity index (χ0v) is 29.6. The van der Waals surface area contributed by atoms with Crippen LogP contribution in [0.3, 0.4) is 0 Å². The molecule has 1 aliphatic rings. The average molecular weight is 688 g/mol. The first kappa shape index (κ1) is 35.8. The molecule has 4 aromatic rings. The molecule has 1 atom stereocenters. The van der Waals surface area contributed by atoms with Gasteiger partial charge in [0, 0.05) is 27.9 Å². The lowest BCUT2D eigenvalue weighted by atomic mass is 9.66. The van der Waals surface area contributed by atoms with Crippen LogP contribution in [0.2, 0.25) is 5.02 Å². The Balaban J connectivity index is 1.30. The van der Waals surface area contributed by atoms with E-state index in [-0.39, 0.29) is 23.5 Å². The maximum Gasteiger partial charge on any atom is 0.337 e. The lowest BCUT2D eigenvalue weighted by Gasteiger charge is -2.39. The van der Waals surface area contributed by atoms with Gasteiger partial charge >= 0.3 is 11.9 Å². The van der Waals surface area contributed by atoms with Crippen LogP contribution in [0.5, 0.6) is 0 Å². The molecule has 1 fully saturated rings. The molecule has 0 N–H and O–H groups in total. The number of carbonyl (C=O) groups excluding carboxylic acids is 2. The minimum Gasteiger partial charge on any atom is -0.466 e. The number of nitrogens with zero attached hydrogens (tertiary/aromatic N) is 1. The van der Waals surface area contributed by atoms with Gasteiger partial charge in [0.2, 0.25) is 0 Å². The van der Waals surface area contributed by atoms with Gasteiger partial charge < -0.3 is 14.2 Å². The molecule has 5 rings (SSSR count). The van der Waals surface area contributed by atoms with Crippen molar-refractivity contribution in [1.29, 1.82) is 0 Å². The predicted octanol–water partition coefficient (Wildman–Crippen LogP) is 9.25. The molecule has 0 bridgehead atoms. The first-order valence-corrected chi connectivity index (χ1v) is 18.1. The largest absolute Gasteiger partial charge is 0.466 e. The van der Waals surface area contributed by atoms with Gasteiger partial charge in [-0.2, -0.15) is 0 Å².